The first kappa shape index (κ1) is 10.4. The van der Waals surface area contributed by atoms with Gasteiger partial charge in [-0.3, -0.25) is 4.79 Å². The number of aliphatic hydroxyl groups is 1. The molecule has 0 aromatic heterocycles. The number of hydrogen-bond donors (Lipinski definition) is 1. The molecule has 0 bridgehead atoms. The Hall–Kier alpha value is -1.09. The molecule has 0 radical (unpaired) electrons. The minimum absolute atomic E-state index is 0.107. The molecule has 0 saturated carbocycles. The Kier molecular flexibility index (Phi) is 2.91. The second-order valence-corrected chi connectivity index (χ2v) is 4.40. The van der Waals surface area contributed by atoms with Gasteiger partial charge in [-0.1, -0.05) is 17.7 Å². The fourth-order valence-electron chi connectivity index (χ4n) is 2.05. The van der Waals surface area contributed by atoms with Gasteiger partial charge in [-0.15, -0.1) is 0 Å². The van der Waals surface area contributed by atoms with Crippen LogP contribution in [0.3, 0.4) is 0 Å². The first-order valence-corrected chi connectivity index (χ1v) is 5.50. The van der Waals surface area contributed by atoms with Crippen LogP contribution in [0.1, 0.15) is 26.2 Å². The molecular weight excluding hydrogens is 190 g/mol. The lowest BCUT2D eigenvalue weighted by atomic mass is 9.99. The second-order valence-electron chi connectivity index (χ2n) is 4.40. The standard InChI is InChI=1S/C12H17NO2/c1-9-2-4-10(5-3-9)12(15)13-7-6-11(14)8-13/h2,4,11,14H,3,5-8H2,1H3/t11-/m1/s1. The molecule has 1 fully saturated rings. The summed E-state index contributed by atoms with van der Waals surface area (Å²) in [5.41, 5.74) is 2.21. The van der Waals surface area contributed by atoms with Crippen LogP contribution in [-0.4, -0.2) is 35.1 Å². The third-order valence-corrected chi connectivity index (χ3v) is 3.08. The average molecular weight is 207 g/mol. The average Bonchev–Trinajstić information content (AvgIpc) is 2.65. The van der Waals surface area contributed by atoms with E-state index in [1.54, 1.807) is 4.90 Å². The zero-order valence-electron chi connectivity index (χ0n) is 9.07. The molecule has 1 atom stereocenters. The number of nitrogens with zero attached hydrogens (tertiary/aromatic N) is 1. The van der Waals surface area contributed by atoms with Crippen molar-refractivity contribution in [2.45, 2.75) is 32.3 Å². The highest BCUT2D eigenvalue weighted by Crippen LogP contribution is 2.21. The van der Waals surface area contributed by atoms with Crippen LogP contribution in [0.4, 0.5) is 0 Å². The molecule has 0 spiro atoms. The molecule has 2 rings (SSSR count). The molecule has 0 aromatic carbocycles. The summed E-state index contributed by atoms with van der Waals surface area (Å²) in [6.07, 6.45) is 6.15. The van der Waals surface area contributed by atoms with E-state index in [1.807, 2.05) is 12.2 Å². The summed E-state index contributed by atoms with van der Waals surface area (Å²) in [6.45, 7) is 3.27. The van der Waals surface area contributed by atoms with E-state index in [0.29, 0.717) is 19.5 Å². The molecule has 0 unspecified atom stereocenters. The van der Waals surface area contributed by atoms with Gasteiger partial charge in [-0.25, -0.2) is 0 Å². The van der Waals surface area contributed by atoms with Crippen LogP contribution >= 0.6 is 0 Å². The Morgan fingerprint density at radius 3 is 2.80 bits per heavy atom. The summed E-state index contributed by atoms with van der Waals surface area (Å²) < 4.78 is 0. The predicted molar refractivity (Wildman–Crippen MR) is 58.3 cm³/mol. The molecule has 0 aromatic rings. The van der Waals surface area contributed by atoms with E-state index in [4.69, 9.17) is 0 Å². The number of aliphatic hydroxyl groups excluding tert-OH is 1. The van der Waals surface area contributed by atoms with Crippen LogP contribution in [0.5, 0.6) is 0 Å². The van der Waals surface area contributed by atoms with Gasteiger partial charge in [0, 0.05) is 18.7 Å². The van der Waals surface area contributed by atoms with Gasteiger partial charge in [0.25, 0.3) is 0 Å². The van der Waals surface area contributed by atoms with Gasteiger partial charge >= 0.3 is 0 Å². The molecule has 2 aliphatic rings. The molecule has 1 saturated heterocycles. The largest absolute Gasteiger partial charge is 0.391 e. The van der Waals surface area contributed by atoms with Gasteiger partial charge in [0.1, 0.15) is 0 Å². The minimum atomic E-state index is -0.324. The van der Waals surface area contributed by atoms with E-state index in [0.717, 1.165) is 18.4 Å². The SMILES string of the molecule is CC1=CC=C(C(=O)N2CC[C@@H](O)C2)CC1. The van der Waals surface area contributed by atoms with Crippen LogP contribution in [-0.2, 0) is 4.79 Å². The monoisotopic (exact) mass is 207 g/mol. The molecule has 1 heterocycles. The number of carbonyl (C=O) groups is 1. The lowest BCUT2D eigenvalue weighted by molar-refractivity contribution is -0.126. The van der Waals surface area contributed by atoms with Crippen molar-refractivity contribution in [2.75, 3.05) is 13.1 Å². The molecule has 15 heavy (non-hydrogen) atoms. The summed E-state index contributed by atoms with van der Waals surface area (Å²) in [7, 11) is 0. The summed E-state index contributed by atoms with van der Waals surface area (Å²) in [5, 5.41) is 9.36. The van der Waals surface area contributed by atoms with E-state index in [1.165, 1.54) is 5.57 Å². The third-order valence-electron chi connectivity index (χ3n) is 3.08. The van der Waals surface area contributed by atoms with Crippen molar-refractivity contribution >= 4 is 5.91 Å². The Balaban J connectivity index is 2.02. The van der Waals surface area contributed by atoms with Gasteiger partial charge in [0.05, 0.1) is 6.10 Å². The molecule has 1 N–H and O–H groups in total. The smallest absolute Gasteiger partial charge is 0.249 e. The van der Waals surface area contributed by atoms with Crippen molar-refractivity contribution < 1.29 is 9.90 Å². The zero-order chi connectivity index (χ0) is 10.8. The van der Waals surface area contributed by atoms with Crippen molar-refractivity contribution in [1.82, 2.24) is 4.90 Å². The Morgan fingerprint density at radius 1 is 1.47 bits per heavy atom. The number of rotatable bonds is 1. The highest BCUT2D eigenvalue weighted by atomic mass is 16.3. The lowest BCUT2D eigenvalue weighted by Crippen LogP contribution is -2.31. The lowest BCUT2D eigenvalue weighted by Gasteiger charge is -2.19. The number of carbonyl (C=O) groups excluding carboxylic acids is 1. The molecule has 82 valence electrons. The minimum Gasteiger partial charge on any atom is -0.391 e. The van der Waals surface area contributed by atoms with Crippen LogP contribution in [0.25, 0.3) is 0 Å². The fourth-order valence-corrected chi connectivity index (χ4v) is 2.05. The molecule has 1 aliphatic heterocycles. The predicted octanol–water partition coefficient (Wildman–Crippen LogP) is 1.25. The van der Waals surface area contributed by atoms with Crippen molar-refractivity contribution in [1.29, 1.82) is 0 Å². The van der Waals surface area contributed by atoms with Crippen LogP contribution < -0.4 is 0 Å². The highest BCUT2D eigenvalue weighted by Gasteiger charge is 2.26. The highest BCUT2D eigenvalue weighted by molar-refractivity contribution is 5.94. The fraction of sp³-hybridized carbons (Fsp3) is 0.583. The van der Waals surface area contributed by atoms with Crippen molar-refractivity contribution in [3.63, 3.8) is 0 Å². The van der Waals surface area contributed by atoms with E-state index >= 15 is 0 Å². The van der Waals surface area contributed by atoms with Crippen molar-refractivity contribution in [3.8, 4) is 0 Å². The zero-order valence-corrected chi connectivity index (χ0v) is 9.07. The number of hydrogen-bond acceptors (Lipinski definition) is 2. The molecule has 3 heteroatoms. The van der Waals surface area contributed by atoms with E-state index in [9.17, 15) is 9.90 Å². The Morgan fingerprint density at radius 2 is 2.27 bits per heavy atom. The summed E-state index contributed by atoms with van der Waals surface area (Å²) in [4.78, 5) is 13.7. The van der Waals surface area contributed by atoms with Gasteiger partial charge in [0.2, 0.25) is 5.91 Å². The van der Waals surface area contributed by atoms with Crippen molar-refractivity contribution in [2.24, 2.45) is 0 Å². The van der Waals surface area contributed by atoms with Gasteiger partial charge in [-0.05, 0) is 26.2 Å². The summed E-state index contributed by atoms with van der Waals surface area (Å²) in [6, 6.07) is 0. The van der Waals surface area contributed by atoms with Gasteiger partial charge < -0.3 is 10.0 Å². The Labute approximate surface area is 90.1 Å². The number of amides is 1. The van der Waals surface area contributed by atoms with Crippen LogP contribution in [0.15, 0.2) is 23.3 Å². The molecule has 1 amide bonds. The maximum atomic E-state index is 12.0. The topological polar surface area (TPSA) is 40.5 Å². The van der Waals surface area contributed by atoms with Crippen LogP contribution in [0.2, 0.25) is 0 Å². The van der Waals surface area contributed by atoms with Crippen molar-refractivity contribution in [3.05, 3.63) is 23.3 Å². The second kappa shape index (κ2) is 4.19. The molecular formula is C12H17NO2. The maximum Gasteiger partial charge on any atom is 0.249 e. The number of likely N-dealkylation sites (tertiary alicyclic amines) is 1. The first-order chi connectivity index (χ1) is 7.16. The molecule has 1 aliphatic carbocycles. The normalized spacial score (nSPS) is 26.3. The van der Waals surface area contributed by atoms with Gasteiger partial charge in [-0.2, -0.15) is 0 Å². The van der Waals surface area contributed by atoms with E-state index < -0.39 is 0 Å². The van der Waals surface area contributed by atoms with Gasteiger partial charge in [0.15, 0.2) is 0 Å². The first-order valence-electron chi connectivity index (χ1n) is 5.50. The Bertz CT molecular complexity index is 331. The number of allylic oxidation sites excluding steroid dienone is 3. The third kappa shape index (κ3) is 2.29. The van der Waals surface area contributed by atoms with E-state index in [-0.39, 0.29) is 12.0 Å². The maximum absolute atomic E-state index is 12.0. The quantitative estimate of drug-likeness (QED) is 0.703. The van der Waals surface area contributed by atoms with Crippen LogP contribution in [0, 0.1) is 0 Å². The number of β-amino-alcohol motifs (C(OH)–C–C–N with tert-alkyl or cyclic N) is 1. The summed E-state index contributed by atoms with van der Waals surface area (Å²) >= 11 is 0. The summed E-state index contributed by atoms with van der Waals surface area (Å²) in [5.74, 6) is 0.107. The van der Waals surface area contributed by atoms with E-state index in [2.05, 4.69) is 6.92 Å². The molecule has 3 nitrogen and oxygen atoms in total.